The van der Waals surface area contributed by atoms with Crippen molar-refractivity contribution in [2.45, 2.75) is 38.2 Å². The van der Waals surface area contributed by atoms with Crippen LogP contribution in [0.2, 0.25) is 5.02 Å². The highest BCUT2D eigenvalue weighted by molar-refractivity contribution is 6.30. The van der Waals surface area contributed by atoms with E-state index < -0.39 is 11.9 Å². The van der Waals surface area contributed by atoms with Crippen molar-refractivity contribution in [2.24, 2.45) is 0 Å². The summed E-state index contributed by atoms with van der Waals surface area (Å²) in [5, 5.41) is 10.3. The van der Waals surface area contributed by atoms with E-state index in [1.54, 1.807) is 0 Å². The number of benzene rings is 1. The van der Waals surface area contributed by atoms with Crippen molar-refractivity contribution in [1.82, 2.24) is 0 Å². The molecule has 17 heavy (non-hydrogen) atoms. The molecule has 0 radical (unpaired) electrons. The van der Waals surface area contributed by atoms with E-state index in [0.717, 1.165) is 25.7 Å². The molecule has 1 N–H and O–H groups in total. The lowest BCUT2D eigenvalue weighted by molar-refractivity contribution is 0.159. The van der Waals surface area contributed by atoms with Gasteiger partial charge in [0, 0.05) is 10.6 Å². The SMILES string of the molecule is C=CCCCCCC(O)c1cc(Cl)ccc1F. The van der Waals surface area contributed by atoms with Gasteiger partial charge in [0.15, 0.2) is 0 Å². The van der Waals surface area contributed by atoms with Gasteiger partial charge in [-0.1, -0.05) is 30.5 Å². The molecular formula is C14H18ClFO. The van der Waals surface area contributed by atoms with E-state index in [9.17, 15) is 9.50 Å². The van der Waals surface area contributed by atoms with E-state index in [1.165, 1.54) is 18.2 Å². The van der Waals surface area contributed by atoms with Crippen LogP contribution in [0.4, 0.5) is 4.39 Å². The Bertz CT molecular complexity index is 365. The minimum Gasteiger partial charge on any atom is -0.388 e. The molecule has 0 amide bonds. The predicted octanol–water partition coefficient (Wildman–Crippen LogP) is 4.65. The third-order valence-electron chi connectivity index (χ3n) is 2.70. The Hall–Kier alpha value is -0.860. The Morgan fingerprint density at radius 3 is 2.82 bits per heavy atom. The molecule has 0 aromatic heterocycles. The number of aliphatic hydroxyl groups is 1. The number of hydrogen-bond donors (Lipinski definition) is 1. The highest BCUT2D eigenvalue weighted by Crippen LogP contribution is 2.25. The molecule has 0 saturated heterocycles. The van der Waals surface area contributed by atoms with E-state index in [4.69, 9.17) is 11.6 Å². The summed E-state index contributed by atoms with van der Waals surface area (Å²) >= 11 is 5.77. The zero-order valence-electron chi connectivity index (χ0n) is 9.83. The zero-order chi connectivity index (χ0) is 12.7. The van der Waals surface area contributed by atoms with Crippen LogP contribution in [-0.4, -0.2) is 5.11 Å². The van der Waals surface area contributed by atoms with Crippen LogP contribution >= 0.6 is 11.6 Å². The normalized spacial score (nSPS) is 12.4. The molecule has 1 aromatic carbocycles. The van der Waals surface area contributed by atoms with Gasteiger partial charge in [0.2, 0.25) is 0 Å². The first-order chi connectivity index (χ1) is 8.15. The summed E-state index contributed by atoms with van der Waals surface area (Å²) in [6.45, 7) is 3.65. The fourth-order valence-corrected chi connectivity index (χ4v) is 1.91. The van der Waals surface area contributed by atoms with Gasteiger partial charge in [0.25, 0.3) is 0 Å². The topological polar surface area (TPSA) is 20.2 Å². The maximum absolute atomic E-state index is 13.4. The van der Waals surface area contributed by atoms with Gasteiger partial charge >= 0.3 is 0 Å². The van der Waals surface area contributed by atoms with E-state index in [2.05, 4.69) is 6.58 Å². The van der Waals surface area contributed by atoms with Gasteiger partial charge < -0.3 is 5.11 Å². The van der Waals surface area contributed by atoms with Gasteiger partial charge in [0.05, 0.1) is 6.10 Å². The maximum Gasteiger partial charge on any atom is 0.129 e. The lowest BCUT2D eigenvalue weighted by Gasteiger charge is -2.12. The van der Waals surface area contributed by atoms with Crippen molar-refractivity contribution in [1.29, 1.82) is 0 Å². The lowest BCUT2D eigenvalue weighted by atomic mass is 10.0. The Morgan fingerprint density at radius 1 is 1.35 bits per heavy atom. The minimum atomic E-state index is -0.766. The smallest absolute Gasteiger partial charge is 0.129 e. The second-order valence-electron chi connectivity index (χ2n) is 4.11. The Labute approximate surface area is 107 Å². The molecule has 1 aromatic rings. The van der Waals surface area contributed by atoms with E-state index in [-0.39, 0.29) is 0 Å². The predicted molar refractivity (Wildman–Crippen MR) is 69.7 cm³/mol. The van der Waals surface area contributed by atoms with Gasteiger partial charge in [-0.15, -0.1) is 6.58 Å². The van der Waals surface area contributed by atoms with Crippen LogP contribution in [0.3, 0.4) is 0 Å². The lowest BCUT2D eigenvalue weighted by Crippen LogP contribution is -2.00. The summed E-state index contributed by atoms with van der Waals surface area (Å²) < 4.78 is 13.4. The minimum absolute atomic E-state index is 0.293. The molecule has 0 heterocycles. The summed E-state index contributed by atoms with van der Waals surface area (Å²) in [4.78, 5) is 0. The average Bonchev–Trinajstić information content (AvgIpc) is 2.32. The highest BCUT2D eigenvalue weighted by Gasteiger charge is 2.12. The number of unbranched alkanes of at least 4 members (excludes halogenated alkanes) is 3. The Morgan fingerprint density at radius 2 is 2.12 bits per heavy atom. The summed E-state index contributed by atoms with van der Waals surface area (Å²) in [6.07, 6.45) is 5.63. The molecule has 1 unspecified atom stereocenters. The first-order valence-electron chi connectivity index (χ1n) is 5.89. The third-order valence-corrected chi connectivity index (χ3v) is 2.94. The van der Waals surface area contributed by atoms with Gasteiger partial charge in [-0.05, 0) is 37.5 Å². The number of aliphatic hydroxyl groups excluding tert-OH is 1. The molecule has 0 fully saturated rings. The monoisotopic (exact) mass is 256 g/mol. The third kappa shape index (κ3) is 4.88. The van der Waals surface area contributed by atoms with Crippen LogP contribution in [-0.2, 0) is 0 Å². The molecule has 94 valence electrons. The average molecular weight is 257 g/mol. The van der Waals surface area contributed by atoms with Crippen molar-refractivity contribution >= 4 is 11.6 Å². The van der Waals surface area contributed by atoms with Gasteiger partial charge in [-0.25, -0.2) is 4.39 Å². The summed E-state index contributed by atoms with van der Waals surface area (Å²) in [7, 11) is 0. The van der Waals surface area contributed by atoms with Crippen LogP contribution in [0.1, 0.15) is 43.8 Å². The van der Waals surface area contributed by atoms with Crippen LogP contribution in [0.25, 0.3) is 0 Å². The maximum atomic E-state index is 13.4. The van der Waals surface area contributed by atoms with Crippen LogP contribution < -0.4 is 0 Å². The molecule has 0 aliphatic heterocycles. The molecule has 0 aliphatic carbocycles. The van der Waals surface area contributed by atoms with Crippen LogP contribution in [0.15, 0.2) is 30.9 Å². The summed E-state index contributed by atoms with van der Waals surface area (Å²) in [5.74, 6) is -0.395. The van der Waals surface area contributed by atoms with Crippen molar-refractivity contribution in [3.05, 3.63) is 47.3 Å². The standard InChI is InChI=1S/C14H18ClFO/c1-2-3-4-5-6-7-14(17)12-10-11(15)8-9-13(12)16/h2,8-10,14,17H,1,3-7H2. The van der Waals surface area contributed by atoms with Gasteiger partial charge in [-0.3, -0.25) is 0 Å². The largest absolute Gasteiger partial charge is 0.388 e. The van der Waals surface area contributed by atoms with Crippen LogP contribution in [0, 0.1) is 5.82 Å². The number of hydrogen-bond acceptors (Lipinski definition) is 1. The second-order valence-corrected chi connectivity index (χ2v) is 4.54. The first kappa shape index (κ1) is 14.2. The van der Waals surface area contributed by atoms with Gasteiger partial charge in [0.1, 0.15) is 5.82 Å². The Balaban J connectivity index is 2.43. The van der Waals surface area contributed by atoms with Crippen LogP contribution in [0.5, 0.6) is 0 Å². The van der Waals surface area contributed by atoms with Crippen molar-refractivity contribution in [3.63, 3.8) is 0 Å². The quantitative estimate of drug-likeness (QED) is 0.556. The van der Waals surface area contributed by atoms with Crippen molar-refractivity contribution in [2.75, 3.05) is 0 Å². The number of allylic oxidation sites excluding steroid dienone is 1. The second kappa shape index (κ2) is 7.46. The van der Waals surface area contributed by atoms with Crippen molar-refractivity contribution < 1.29 is 9.50 Å². The molecule has 0 saturated carbocycles. The molecular weight excluding hydrogens is 239 g/mol. The van der Waals surface area contributed by atoms with E-state index in [1.807, 2.05) is 6.08 Å². The Kier molecular flexibility index (Phi) is 6.23. The summed E-state index contributed by atoms with van der Waals surface area (Å²) in [6, 6.07) is 4.26. The molecule has 1 atom stereocenters. The van der Waals surface area contributed by atoms with E-state index in [0.29, 0.717) is 17.0 Å². The van der Waals surface area contributed by atoms with Gasteiger partial charge in [-0.2, -0.15) is 0 Å². The molecule has 0 spiro atoms. The molecule has 1 nitrogen and oxygen atoms in total. The fraction of sp³-hybridized carbons (Fsp3) is 0.429. The zero-order valence-corrected chi connectivity index (χ0v) is 10.6. The van der Waals surface area contributed by atoms with Crippen molar-refractivity contribution in [3.8, 4) is 0 Å². The highest BCUT2D eigenvalue weighted by atomic mass is 35.5. The molecule has 0 aliphatic rings. The fourth-order valence-electron chi connectivity index (χ4n) is 1.73. The van der Waals surface area contributed by atoms with E-state index >= 15 is 0 Å². The summed E-state index contributed by atoms with van der Waals surface area (Å²) in [5.41, 5.74) is 0.293. The first-order valence-corrected chi connectivity index (χ1v) is 6.27. The number of rotatable bonds is 7. The molecule has 0 bridgehead atoms. The molecule has 1 rings (SSSR count). The number of halogens is 2. The molecule has 3 heteroatoms.